The third-order valence-corrected chi connectivity index (χ3v) is 0.402. The zero-order chi connectivity index (χ0) is 10.1. The smallest absolute Gasteiger partial charge is 0.450 e. The van der Waals surface area contributed by atoms with Gasteiger partial charge in [-0.05, 0) is 12.2 Å². The fourth-order valence-electron chi connectivity index (χ4n) is 0.168. The van der Waals surface area contributed by atoms with Crippen molar-refractivity contribution in [3.8, 4) is 0 Å². The maximum absolute atomic E-state index is 11.0. The summed E-state index contributed by atoms with van der Waals surface area (Å²) >= 11 is 0. The average Bonchev–Trinajstić information content (AvgIpc) is 1.82. The van der Waals surface area contributed by atoms with Crippen molar-refractivity contribution < 1.29 is 32.6 Å². The number of hydrogen-bond acceptors (Lipinski definition) is 1. The van der Waals surface area contributed by atoms with Gasteiger partial charge in [0.05, 0.1) is 0 Å². The van der Waals surface area contributed by atoms with Crippen LogP contribution >= 0.6 is 0 Å². The molecule has 0 aliphatic carbocycles. The lowest BCUT2D eigenvalue weighted by atomic mass is 10.5. The number of alkyl halides is 4. The van der Waals surface area contributed by atoms with Crippen molar-refractivity contribution in [2.24, 2.45) is 0 Å². The molecule has 0 bridgehead atoms. The molecule has 0 fully saturated rings. The number of carboxylic acid groups (broad SMARTS) is 2. The molecule has 0 saturated heterocycles. The van der Waals surface area contributed by atoms with E-state index in [1.165, 1.54) is 0 Å². The Hall–Kier alpha value is -1.27. The van der Waals surface area contributed by atoms with Gasteiger partial charge in [0.1, 0.15) is 0 Å². The molecule has 12 heavy (non-hydrogen) atoms. The Morgan fingerprint density at radius 3 is 1.25 bits per heavy atom. The van der Waals surface area contributed by atoms with Gasteiger partial charge >= 0.3 is 6.16 Å². The van der Waals surface area contributed by atoms with Crippen molar-refractivity contribution in [1.82, 2.24) is 0 Å². The molecule has 0 aromatic rings. The van der Waals surface area contributed by atoms with E-state index < -0.39 is 19.0 Å². The molecule has 2 N–H and O–H groups in total. The van der Waals surface area contributed by atoms with Gasteiger partial charge in [-0.2, -0.15) is 0 Å². The molecule has 0 aliphatic rings. The van der Waals surface area contributed by atoms with Crippen LogP contribution in [-0.4, -0.2) is 29.2 Å². The van der Waals surface area contributed by atoms with Gasteiger partial charge in [-0.3, -0.25) is 0 Å². The van der Waals surface area contributed by atoms with Gasteiger partial charge in [0.25, 0.3) is 12.9 Å². The number of rotatable bonds is 2. The molecule has 72 valence electrons. The third kappa shape index (κ3) is 37.5. The minimum absolute atomic E-state index is 0.157. The summed E-state index contributed by atoms with van der Waals surface area (Å²) in [6.45, 7) is 0. The van der Waals surface area contributed by atoms with Crippen LogP contribution in [0.15, 0.2) is 12.2 Å². The topological polar surface area (TPSA) is 57.5 Å². The minimum Gasteiger partial charge on any atom is -0.450 e. The molecule has 7 heteroatoms. The van der Waals surface area contributed by atoms with Crippen LogP contribution in [0.2, 0.25) is 0 Å². The first-order chi connectivity index (χ1) is 5.36. The Morgan fingerprint density at radius 1 is 1.00 bits per heavy atom. The van der Waals surface area contributed by atoms with E-state index in [0.29, 0.717) is 0 Å². The lowest BCUT2D eigenvalue weighted by molar-refractivity contribution is 0.137. The maximum atomic E-state index is 11.0. The van der Waals surface area contributed by atoms with Crippen molar-refractivity contribution >= 4 is 6.16 Å². The monoisotopic (exact) mass is 190 g/mol. The van der Waals surface area contributed by atoms with E-state index in [1.54, 1.807) is 0 Å². The van der Waals surface area contributed by atoms with E-state index in [2.05, 4.69) is 0 Å². The number of carbonyl (C=O) groups is 1. The molecular weight excluding hydrogens is 184 g/mol. The molecule has 3 nitrogen and oxygen atoms in total. The molecule has 0 amide bonds. The molecule has 0 rings (SSSR count). The molecule has 0 unspecified atom stereocenters. The lowest BCUT2D eigenvalue weighted by Crippen LogP contribution is -1.85. The zero-order valence-electron chi connectivity index (χ0n) is 5.62. The van der Waals surface area contributed by atoms with Crippen LogP contribution in [0.1, 0.15) is 0 Å². The maximum Gasteiger partial charge on any atom is 0.503 e. The molecule has 0 heterocycles. The highest BCUT2D eigenvalue weighted by Gasteiger charge is 1.97. The van der Waals surface area contributed by atoms with Crippen LogP contribution < -0.4 is 0 Å². The summed E-state index contributed by atoms with van der Waals surface area (Å²) in [6, 6.07) is 0. The molecule has 0 spiro atoms. The Kier molecular flexibility index (Phi) is 8.70. The van der Waals surface area contributed by atoms with Crippen molar-refractivity contribution in [2.75, 3.05) is 0 Å². The first kappa shape index (κ1) is 13.3. The predicted octanol–water partition coefficient (Wildman–Crippen LogP) is 2.30. The standard InChI is InChI=1S/C4H4F4.CH2O3/c5-3(6)1-2-4(7)8;2-1(3)4/h1-4H;(H2,2,3,4). The van der Waals surface area contributed by atoms with Crippen LogP contribution in [0.3, 0.4) is 0 Å². The second kappa shape index (κ2) is 7.83. The summed E-state index contributed by atoms with van der Waals surface area (Å²) in [7, 11) is 0. The minimum atomic E-state index is -2.77. The highest BCUT2D eigenvalue weighted by atomic mass is 19.3. The Labute approximate surface area is 64.9 Å². The van der Waals surface area contributed by atoms with E-state index >= 15 is 0 Å². The third-order valence-electron chi connectivity index (χ3n) is 0.402. The van der Waals surface area contributed by atoms with Crippen LogP contribution in [0, 0.1) is 0 Å². The summed E-state index contributed by atoms with van der Waals surface area (Å²) < 4.78 is 43.9. The molecule has 0 aromatic heterocycles. The van der Waals surface area contributed by atoms with Gasteiger partial charge in [0.15, 0.2) is 0 Å². The SMILES string of the molecule is FC(F)C=CC(F)F.O=C(O)O. The fraction of sp³-hybridized carbons (Fsp3) is 0.400. The number of hydrogen-bond donors (Lipinski definition) is 2. The summed E-state index contributed by atoms with van der Waals surface area (Å²) in [6.07, 6.45) is -7.07. The summed E-state index contributed by atoms with van der Waals surface area (Å²) in [4.78, 5) is 8.56. The van der Waals surface area contributed by atoms with Gasteiger partial charge in [-0.15, -0.1) is 0 Å². The Bertz CT molecular complexity index is 132. The summed E-state index contributed by atoms with van der Waals surface area (Å²) in [5.74, 6) is 0. The van der Waals surface area contributed by atoms with E-state index in [9.17, 15) is 17.6 Å². The fourth-order valence-corrected chi connectivity index (χ4v) is 0.168. The largest absolute Gasteiger partial charge is 0.503 e. The highest BCUT2D eigenvalue weighted by molar-refractivity contribution is 5.53. The van der Waals surface area contributed by atoms with E-state index in [-0.39, 0.29) is 12.2 Å². The molecule has 0 aliphatic heterocycles. The second-order valence-corrected chi connectivity index (χ2v) is 1.34. The summed E-state index contributed by atoms with van der Waals surface area (Å²) in [5.41, 5.74) is 0. The molecular formula is C5H6F4O3. The molecule has 0 radical (unpaired) electrons. The number of allylic oxidation sites excluding steroid dienone is 2. The van der Waals surface area contributed by atoms with Crippen molar-refractivity contribution in [3.63, 3.8) is 0 Å². The number of halogens is 4. The van der Waals surface area contributed by atoms with E-state index in [1.807, 2.05) is 0 Å². The predicted molar refractivity (Wildman–Crippen MR) is 31.8 cm³/mol. The molecule has 0 atom stereocenters. The first-order valence-electron chi connectivity index (χ1n) is 2.52. The van der Waals surface area contributed by atoms with Gasteiger partial charge in [-0.25, -0.2) is 22.4 Å². The lowest BCUT2D eigenvalue weighted by Gasteiger charge is -1.85. The van der Waals surface area contributed by atoms with Gasteiger partial charge in [-0.1, -0.05) is 0 Å². The van der Waals surface area contributed by atoms with Crippen molar-refractivity contribution in [3.05, 3.63) is 12.2 Å². The summed E-state index contributed by atoms with van der Waals surface area (Å²) in [5, 5.41) is 13.9. The highest BCUT2D eigenvalue weighted by Crippen LogP contribution is 1.98. The normalized spacial score (nSPS) is 10.2. The van der Waals surface area contributed by atoms with Crippen LogP contribution in [-0.2, 0) is 0 Å². The average molecular weight is 190 g/mol. The van der Waals surface area contributed by atoms with Gasteiger partial charge in [0.2, 0.25) is 0 Å². The Balaban J connectivity index is 0. The zero-order valence-corrected chi connectivity index (χ0v) is 5.62. The van der Waals surface area contributed by atoms with Crippen LogP contribution in [0.4, 0.5) is 22.4 Å². The quantitative estimate of drug-likeness (QED) is 0.518. The van der Waals surface area contributed by atoms with E-state index in [0.717, 1.165) is 0 Å². The van der Waals surface area contributed by atoms with Crippen LogP contribution in [0.5, 0.6) is 0 Å². The van der Waals surface area contributed by atoms with E-state index in [4.69, 9.17) is 15.0 Å². The van der Waals surface area contributed by atoms with Crippen molar-refractivity contribution in [1.29, 1.82) is 0 Å². The van der Waals surface area contributed by atoms with Crippen LogP contribution in [0.25, 0.3) is 0 Å². The second-order valence-electron chi connectivity index (χ2n) is 1.34. The Morgan fingerprint density at radius 2 is 1.17 bits per heavy atom. The van der Waals surface area contributed by atoms with Crippen molar-refractivity contribution in [2.45, 2.75) is 12.9 Å². The molecule has 0 aromatic carbocycles. The molecule has 0 saturated carbocycles. The van der Waals surface area contributed by atoms with Gasteiger partial charge in [0, 0.05) is 0 Å². The first-order valence-corrected chi connectivity index (χ1v) is 2.52. The van der Waals surface area contributed by atoms with Gasteiger partial charge < -0.3 is 10.2 Å².